The number of aromatic hydroxyl groups is 1. The van der Waals surface area contributed by atoms with Crippen LogP contribution in [0.2, 0.25) is 0 Å². The van der Waals surface area contributed by atoms with Crippen LogP contribution in [0.4, 0.5) is 11.4 Å². The summed E-state index contributed by atoms with van der Waals surface area (Å²) in [5.74, 6) is 0.452. The van der Waals surface area contributed by atoms with Crippen LogP contribution in [-0.2, 0) is 11.2 Å². The van der Waals surface area contributed by atoms with Gasteiger partial charge in [-0.1, -0.05) is 12.1 Å². The predicted octanol–water partition coefficient (Wildman–Crippen LogP) is 2.16. The third-order valence-electron chi connectivity index (χ3n) is 2.77. The molecule has 20 heavy (non-hydrogen) atoms. The second-order valence-electron chi connectivity index (χ2n) is 4.35. The quantitative estimate of drug-likeness (QED) is 0.745. The Hall–Kier alpha value is -2.69. The fourth-order valence-corrected chi connectivity index (χ4v) is 1.86. The van der Waals surface area contributed by atoms with Gasteiger partial charge in [-0.15, -0.1) is 0 Å². The highest BCUT2D eigenvalue weighted by molar-refractivity contribution is 5.94. The molecule has 1 amide bonds. The molecule has 0 bridgehead atoms. The number of anilines is 2. The summed E-state index contributed by atoms with van der Waals surface area (Å²) in [6, 6.07) is 11.6. The first-order valence-corrected chi connectivity index (χ1v) is 6.10. The van der Waals surface area contributed by atoms with Crippen LogP contribution in [0.25, 0.3) is 0 Å². The van der Waals surface area contributed by atoms with E-state index >= 15 is 0 Å². The molecule has 5 heteroatoms. The van der Waals surface area contributed by atoms with E-state index in [9.17, 15) is 9.90 Å². The fraction of sp³-hybridized carbons (Fsp3) is 0.133. The Kier molecular flexibility index (Phi) is 4.10. The number of hydrogen-bond acceptors (Lipinski definition) is 4. The van der Waals surface area contributed by atoms with Crippen LogP contribution in [-0.4, -0.2) is 18.1 Å². The van der Waals surface area contributed by atoms with Crippen molar-refractivity contribution in [1.82, 2.24) is 0 Å². The molecule has 2 aromatic rings. The maximum atomic E-state index is 12.0. The number of nitrogens with one attached hydrogen (secondary N) is 1. The van der Waals surface area contributed by atoms with Gasteiger partial charge < -0.3 is 20.9 Å². The molecule has 0 aliphatic rings. The van der Waals surface area contributed by atoms with Crippen molar-refractivity contribution in [2.24, 2.45) is 0 Å². The summed E-state index contributed by atoms with van der Waals surface area (Å²) in [6.45, 7) is 0. The average molecular weight is 272 g/mol. The summed E-state index contributed by atoms with van der Waals surface area (Å²) in [7, 11) is 1.51. The molecule has 0 fully saturated rings. The molecule has 104 valence electrons. The van der Waals surface area contributed by atoms with Gasteiger partial charge in [0.2, 0.25) is 5.91 Å². The zero-order chi connectivity index (χ0) is 14.5. The molecule has 0 heterocycles. The number of nitrogens with two attached hydrogens (primary N) is 1. The Bertz CT molecular complexity index is 626. The minimum absolute atomic E-state index is 0.139. The minimum atomic E-state index is -0.196. The van der Waals surface area contributed by atoms with Crippen molar-refractivity contribution in [3.63, 3.8) is 0 Å². The maximum Gasteiger partial charge on any atom is 0.228 e. The van der Waals surface area contributed by atoms with Crippen LogP contribution in [0.3, 0.4) is 0 Å². The molecule has 0 unspecified atom stereocenters. The fourth-order valence-electron chi connectivity index (χ4n) is 1.86. The number of amides is 1. The van der Waals surface area contributed by atoms with E-state index < -0.39 is 0 Å². The monoisotopic (exact) mass is 272 g/mol. The van der Waals surface area contributed by atoms with Crippen LogP contribution in [0.1, 0.15) is 5.56 Å². The summed E-state index contributed by atoms with van der Waals surface area (Å²) in [5, 5.41) is 12.1. The van der Waals surface area contributed by atoms with Crippen LogP contribution in [0, 0.1) is 0 Å². The van der Waals surface area contributed by atoms with Gasteiger partial charge in [0.05, 0.1) is 19.2 Å². The van der Waals surface area contributed by atoms with E-state index in [2.05, 4.69) is 5.32 Å². The number of methoxy groups -OCH3 is 1. The van der Waals surface area contributed by atoms with Gasteiger partial charge >= 0.3 is 0 Å². The molecule has 0 aliphatic carbocycles. The van der Waals surface area contributed by atoms with E-state index in [0.717, 1.165) is 5.56 Å². The smallest absolute Gasteiger partial charge is 0.228 e. The van der Waals surface area contributed by atoms with Gasteiger partial charge in [-0.2, -0.15) is 0 Å². The number of phenols is 1. The number of nitrogen functional groups attached to an aromatic ring is 1. The first-order chi connectivity index (χ1) is 9.58. The molecule has 2 rings (SSSR count). The number of ether oxygens (including phenoxy) is 1. The minimum Gasteiger partial charge on any atom is -0.508 e. The molecule has 0 saturated heterocycles. The highest BCUT2D eigenvalue weighted by atomic mass is 16.5. The molecule has 2 aromatic carbocycles. The van der Waals surface area contributed by atoms with Crippen molar-refractivity contribution in [3.05, 3.63) is 48.0 Å². The number of benzene rings is 2. The molecule has 0 atom stereocenters. The van der Waals surface area contributed by atoms with Gasteiger partial charge in [-0.3, -0.25) is 4.79 Å². The molecule has 0 saturated carbocycles. The first kappa shape index (κ1) is 13.7. The van der Waals surface area contributed by atoms with E-state index in [1.54, 1.807) is 42.5 Å². The molecular weight excluding hydrogens is 256 g/mol. The summed E-state index contributed by atoms with van der Waals surface area (Å²) in [4.78, 5) is 12.0. The number of carbonyl (C=O) groups is 1. The normalized spacial score (nSPS) is 10.1. The Labute approximate surface area is 117 Å². The van der Waals surface area contributed by atoms with E-state index in [1.807, 2.05) is 0 Å². The summed E-state index contributed by atoms with van der Waals surface area (Å²) >= 11 is 0. The van der Waals surface area contributed by atoms with Crippen molar-refractivity contribution < 1.29 is 14.6 Å². The largest absolute Gasteiger partial charge is 0.508 e. The van der Waals surface area contributed by atoms with Crippen molar-refractivity contribution >= 4 is 17.3 Å². The summed E-state index contributed by atoms with van der Waals surface area (Å²) < 4.78 is 5.16. The third-order valence-corrected chi connectivity index (χ3v) is 2.77. The molecular formula is C15H16N2O3. The lowest BCUT2D eigenvalue weighted by molar-refractivity contribution is -0.115. The second kappa shape index (κ2) is 5.97. The standard InChI is InChI=1S/C15H16N2O3/c1-20-14-9-11(16)5-6-13(14)17-15(19)8-10-3-2-4-12(18)7-10/h2-7,9,18H,8,16H2,1H3,(H,17,19). The molecule has 5 nitrogen and oxygen atoms in total. The molecule has 4 N–H and O–H groups in total. The number of carbonyl (C=O) groups excluding carboxylic acids is 1. The Morgan fingerprint density at radius 1 is 1.30 bits per heavy atom. The third kappa shape index (κ3) is 3.41. The van der Waals surface area contributed by atoms with Gasteiger partial charge in [0.15, 0.2) is 0 Å². The zero-order valence-corrected chi connectivity index (χ0v) is 11.1. The summed E-state index contributed by atoms with van der Waals surface area (Å²) in [6.07, 6.45) is 0.169. The Morgan fingerprint density at radius 2 is 2.10 bits per heavy atom. The van der Waals surface area contributed by atoms with Crippen LogP contribution < -0.4 is 15.8 Å². The first-order valence-electron chi connectivity index (χ1n) is 6.10. The lowest BCUT2D eigenvalue weighted by atomic mass is 10.1. The number of phenolic OH excluding ortho intramolecular Hbond substituents is 1. The average Bonchev–Trinajstić information content (AvgIpc) is 2.40. The van der Waals surface area contributed by atoms with Gasteiger partial charge in [0.1, 0.15) is 11.5 Å². The second-order valence-corrected chi connectivity index (χ2v) is 4.35. The van der Waals surface area contributed by atoms with E-state index in [4.69, 9.17) is 10.5 Å². The Morgan fingerprint density at radius 3 is 2.80 bits per heavy atom. The molecule has 0 aromatic heterocycles. The zero-order valence-electron chi connectivity index (χ0n) is 11.1. The van der Waals surface area contributed by atoms with Gasteiger partial charge in [0, 0.05) is 11.8 Å². The highest BCUT2D eigenvalue weighted by Crippen LogP contribution is 2.26. The van der Waals surface area contributed by atoms with Crippen molar-refractivity contribution in [2.45, 2.75) is 6.42 Å². The van der Waals surface area contributed by atoms with E-state index in [-0.39, 0.29) is 18.1 Å². The SMILES string of the molecule is COc1cc(N)ccc1NC(=O)Cc1cccc(O)c1. The molecule has 0 radical (unpaired) electrons. The van der Waals surface area contributed by atoms with Crippen molar-refractivity contribution in [2.75, 3.05) is 18.2 Å². The molecule has 0 spiro atoms. The highest BCUT2D eigenvalue weighted by Gasteiger charge is 2.09. The van der Waals surface area contributed by atoms with E-state index in [0.29, 0.717) is 17.1 Å². The lowest BCUT2D eigenvalue weighted by Crippen LogP contribution is -2.15. The van der Waals surface area contributed by atoms with Gasteiger partial charge in [-0.25, -0.2) is 0 Å². The number of rotatable bonds is 4. The van der Waals surface area contributed by atoms with E-state index in [1.165, 1.54) is 7.11 Å². The van der Waals surface area contributed by atoms with Crippen LogP contribution in [0.15, 0.2) is 42.5 Å². The Balaban J connectivity index is 2.08. The van der Waals surface area contributed by atoms with Crippen molar-refractivity contribution in [3.8, 4) is 11.5 Å². The van der Waals surface area contributed by atoms with Crippen LogP contribution >= 0.6 is 0 Å². The lowest BCUT2D eigenvalue weighted by Gasteiger charge is -2.11. The predicted molar refractivity (Wildman–Crippen MR) is 77.8 cm³/mol. The van der Waals surface area contributed by atoms with Crippen LogP contribution in [0.5, 0.6) is 11.5 Å². The maximum absolute atomic E-state index is 12.0. The van der Waals surface area contributed by atoms with Crippen molar-refractivity contribution in [1.29, 1.82) is 0 Å². The number of hydrogen-bond donors (Lipinski definition) is 3. The van der Waals surface area contributed by atoms with Gasteiger partial charge in [0.25, 0.3) is 0 Å². The van der Waals surface area contributed by atoms with Gasteiger partial charge in [-0.05, 0) is 29.8 Å². The molecule has 0 aliphatic heterocycles. The summed E-state index contributed by atoms with van der Waals surface area (Å²) in [5.41, 5.74) is 7.51. The topological polar surface area (TPSA) is 84.6 Å².